The van der Waals surface area contributed by atoms with E-state index in [4.69, 9.17) is 5.11 Å². The van der Waals surface area contributed by atoms with Crippen molar-refractivity contribution in [3.8, 4) is 0 Å². The van der Waals surface area contributed by atoms with Gasteiger partial charge in [0, 0.05) is 5.69 Å². The normalized spacial score (nSPS) is 11.0. The average Bonchev–Trinajstić information content (AvgIpc) is 2.18. The minimum Gasteiger partial charge on any atom is -0.481 e. The summed E-state index contributed by atoms with van der Waals surface area (Å²) in [4.78, 5) is 21.2. The monoisotopic (exact) mass is 247 g/mol. The predicted molar refractivity (Wildman–Crippen MR) is 52.5 cm³/mol. The molecular weight excluding hydrogens is 239 g/mol. The van der Waals surface area contributed by atoms with Gasteiger partial charge in [-0.3, -0.25) is 9.59 Å². The Morgan fingerprint density at radius 1 is 1.24 bits per heavy atom. The van der Waals surface area contributed by atoms with Crippen molar-refractivity contribution in [1.82, 2.24) is 0 Å². The molecule has 0 aromatic heterocycles. The molecule has 0 fully saturated rings. The first-order valence-corrected chi connectivity index (χ1v) is 4.48. The van der Waals surface area contributed by atoms with Gasteiger partial charge in [-0.2, -0.15) is 13.2 Å². The first kappa shape index (κ1) is 13.0. The zero-order chi connectivity index (χ0) is 13.1. The molecule has 0 atom stereocenters. The fraction of sp³-hybridized carbons (Fsp3) is 0.200. The number of anilines is 1. The highest BCUT2D eigenvalue weighted by Crippen LogP contribution is 2.21. The van der Waals surface area contributed by atoms with E-state index in [-0.39, 0.29) is 11.3 Å². The predicted octanol–water partition coefficient (Wildman–Crippen LogP) is 1.81. The second kappa shape index (κ2) is 4.86. The van der Waals surface area contributed by atoms with Gasteiger partial charge in [0.2, 0.25) is 0 Å². The van der Waals surface area contributed by atoms with Crippen LogP contribution in [0.5, 0.6) is 0 Å². The van der Waals surface area contributed by atoms with Crippen molar-refractivity contribution in [3.63, 3.8) is 0 Å². The Hall–Kier alpha value is -2.05. The number of rotatable bonds is 3. The molecule has 4 nitrogen and oxygen atoms in total. The molecule has 17 heavy (non-hydrogen) atoms. The second-order valence-corrected chi connectivity index (χ2v) is 3.18. The number of carboxylic acid groups (broad SMARTS) is 1. The lowest BCUT2D eigenvalue weighted by atomic mass is 10.1. The number of carboxylic acids is 1. The SMILES string of the molecule is O=C(O)Cc1ccccc1NC(=O)C(F)(F)F. The van der Waals surface area contributed by atoms with Crippen LogP contribution in [0.4, 0.5) is 18.9 Å². The molecule has 0 unspecified atom stereocenters. The maximum atomic E-state index is 12.0. The minimum atomic E-state index is -5.00. The van der Waals surface area contributed by atoms with Gasteiger partial charge in [-0.05, 0) is 11.6 Å². The first-order valence-electron chi connectivity index (χ1n) is 4.48. The molecule has 1 rings (SSSR count). The molecule has 1 amide bonds. The summed E-state index contributed by atoms with van der Waals surface area (Å²) < 4.78 is 36.0. The van der Waals surface area contributed by atoms with Crippen molar-refractivity contribution >= 4 is 17.6 Å². The van der Waals surface area contributed by atoms with E-state index in [9.17, 15) is 22.8 Å². The number of alkyl halides is 3. The molecule has 2 N–H and O–H groups in total. The number of benzene rings is 1. The smallest absolute Gasteiger partial charge is 0.471 e. The van der Waals surface area contributed by atoms with Crippen LogP contribution >= 0.6 is 0 Å². The van der Waals surface area contributed by atoms with Gasteiger partial charge in [0.1, 0.15) is 0 Å². The highest BCUT2D eigenvalue weighted by Gasteiger charge is 2.38. The van der Waals surface area contributed by atoms with Gasteiger partial charge in [-0.1, -0.05) is 18.2 Å². The van der Waals surface area contributed by atoms with E-state index in [2.05, 4.69) is 0 Å². The molecule has 0 saturated heterocycles. The summed E-state index contributed by atoms with van der Waals surface area (Å²) in [5.41, 5.74) is -0.0465. The van der Waals surface area contributed by atoms with Gasteiger partial charge in [0.15, 0.2) is 0 Å². The second-order valence-electron chi connectivity index (χ2n) is 3.18. The maximum absolute atomic E-state index is 12.0. The third-order valence-electron chi connectivity index (χ3n) is 1.86. The summed E-state index contributed by atoms with van der Waals surface area (Å²) >= 11 is 0. The van der Waals surface area contributed by atoms with Crippen LogP contribution in [-0.2, 0) is 16.0 Å². The van der Waals surface area contributed by atoms with E-state index in [0.29, 0.717) is 0 Å². The lowest BCUT2D eigenvalue weighted by molar-refractivity contribution is -0.167. The summed E-state index contributed by atoms with van der Waals surface area (Å²) in [6, 6.07) is 5.42. The van der Waals surface area contributed by atoms with E-state index < -0.39 is 24.5 Å². The van der Waals surface area contributed by atoms with Crippen molar-refractivity contribution in [2.75, 3.05) is 5.32 Å². The van der Waals surface area contributed by atoms with Crippen molar-refractivity contribution in [2.45, 2.75) is 12.6 Å². The van der Waals surface area contributed by atoms with E-state index in [1.54, 1.807) is 5.32 Å². The van der Waals surface area contributed by atoms with Crippen LogP contribution in [0.1, 0.15) is 5.56 Å². The number of hydrogen-bond acceptors (Lipinski definition) is 2. The van der Waals surface area contributed by atoms with Crippen LogP contribution in [-0.4, -0.2) is 23.2 Å². The van der Waals surface area contributed by atoms with E-state index in [1.165, 1.54) is 24.3 Å². The molecule has 92 valence electrons. The Bertz CT molecular complexity index is 443. The van der Waals surface area contributed by atoms with E-state index in [0.717, 1.165) is 0 Å². The highest BCUT2D eigenvalue weighted by atomic mass is 19.4. The topological polar surface area (TPSA) is 66.4 Å². The molecule has 1 aromatic carbocycles. The van der Waals surface area contributed by atoms with Gasteiger partial charge >= 0.3 is 18.1 Å². The third-order valence-corrected chi connectivity index (χ3v) is 1.86. The van der Waals surface area contributed by atoms with Crippen molar-refractivity contribution in [1.29, 1.82) is 0 Å². The van der Waals surface area contributed by atoms with Crippen LogP contribution in [0.15, 0.2) is 24.3 Å². The molecule has 0 bridgehead atoms. The Morgan fingerprint density at radius 3 is 2.35 bits per heavy atom. The van der Waals surface area contributed by atoms with Crippen molar-refractivity contribution < 1.29 is 27.9 Å². The Labute approximate surface area is 94.1 Å². The van der Waals surface area contributed by atoms with Crippen LogP contribution in [0, 0.1) is 0 Å². The summed E-state index contributed by atoms with van der Waals surface area (Å²) in [5, 5.41) is 10.2. The molecule has 0 aliphatic heterocycles. The Balaban J connectivity index is 2.91. The zero-order valence-electron chi connectivity index (χ0n) is 8.41. The third kappa shape index (κ3) is 3.78. The number of halogens is 3. The Kier molecular flexibility index (Phi) is 3.72. The standard InChI is InChI=1S/C10H8F3NO3/c11-10(12,13)9(17)14-7-4-2-1-3-6(7)5-8(15)16/h1-4H,5H2,(H,14,17)(H,15,16). The fourth-order valence-corrected chi connectivity index (χ4v) is 1.15. The van der Waals surface area contributed by atoms with Crippen LogP contribution in [0.3, 0.4) is 0 Å². The van der Waals surface area contributed by atoms with Gasteiger partial charge in [0.05, 0.1) is 6.42 Å². The lowest BCUT2D eigenvalue weighted by Crippen LogP contribution is -2.30. The molecule has 1 aromatic rings. The van der Waals surface area contributed by atoms with Gasteiger partial charge in [0.25, 0.3) is 0 Å². The van der Waals surface area contributed by atoms with Crippen molar-refractivity contribution in [2.24, 2.45) is 0 Å². The largest absolute Gasteiger partial charge is 0.481 e. The number of nitrogens with one attached hydrogen (secondary N) is 1. The maximum Gasteiger partial charge on any atom is 0.471 e. The zero-order valence-corrected chi connectivity index (χ0v) is 8.41. The molecule has 0 aliphatic rings. The van der Waals surface area contributed by atoms with Crippen LogP contribution in [0.2, 0.25) is 0 Å². The molecule has 0 spiro atoms. The summed E-state index contributed by atoms with van der Waals surface area (Å²) in [5.74, 6) is -3.32. The van der Waals surface area contributed by atoms with Crippen LogP contribution < -0.4 is 5.32 Å². The molecular formula is C10H8F3NO3. The van der Waals surface area contributed by atoms with Crippen LogP contribution in [0.25, 0.3) is 0 Å². The summed E-state index contributed by atoms with van der Waals surface area (Å²) in [7, 11) is 0. The van der Waals surface area contributed by atoms with Gasteiger partial charge < -0.3 is 10.4 Å². The van der Waals surface area contributed by atoms with E-state index >= 15 is 0 Å². The number of carbonyl (C=O) groups is 2. The Morgan fingerprint density at radius 2 is 1.82 bits per heavy atom. The minimum absolute atomic E-state index is 0.109. The summed E-state index contributed by atoms with van der Waals surface area (Å²) in [6.45, 7) is 0. The number of carbonyl (C=O) groups excluding carboxylic acids is 1. The number of hydrogen-bond donors (Lipinski definition) is 2. The van der Waals surface area contributed by atoms with Crippen molar-refractivity contribution in [3.05, 3.63) is 29.8 Å². The highest BCUT2D eigenvalue weighted by molar-refractivity contribution is 5.96. The number of para-hydroxylation sites is 1. The molecule has 0 radical (unpaired) electrons. The molecule has 0 heterocycles. The quantitative estimate of drug-likeness (QED) is 0.856. The number of amides is 1. The molecule has 0 aliphatic carbocycles. The first-order chi connectivity index (χ1) is 7.80. The van der Waals surface area contributed by atoms with Gasteiger partial charge in [-0.15, -0.1) is 0 Å². The van der Waals surface area contributed by atoms with Gasteiger partial charge in [-0.25, -0.2) is 0 Å². The average molecular weight is 247 g/mol. The number of aliphatic carboxylic acids is 1. The molecule has 0 saturated carbocycles. The lowest BCUT2D eigenvalue weighted by Gasteiger charge is -2.11. The fourth-order valence-electron chi connectivity index (χ4n) is 1.15. The molecule has 7 heteroatoms. The van der Waals surface area contributed by atoms with E-state index in [1.807, 2.05) is 0 Å². The summed E-state index contributed by atoms with van der Waals surface area (Å²) in [6.07, 6.45) is -5.47.